The van der Waals surface area contributed by atoms with Gasteiger partial charge in [0, 0.05) is 40.7 Å². The van der Waals surface area contributed by atoms with E-state index in [1.807, 2.05) is 35.7 Å². The molecular weight excluding hydrogens is 1480 g/mol. The molecule has 0 fully saturated rings. The molecule has 0 radical (unpaired) electrons. The fourth-order valence-corrected chi connectivity index (χ4v) is 17.1. The Kier molecular flexibility index (Phi) is 42.6. The van der Waals surface area contributed by atoms with E-state index in [-0.39, 0.29) is 5.91 Å². The number of ether oxygens (including phenoxy) is 4. The number of hydrogen-bond acceptors (Lipinski definition) is 7. The van der Waals surface area contributed by atoms with E-state index in [9.17, 15) is 4.79 Å². The molecule has 4 bridgehead atoms. The molecule has 3 aliphatic rings. The number of benzene rings is 8. The van der Waals surface area contributed by atoms with Crippen LogP contribution in [0.4, 0.5) is 0 Å². The molecule has 624 valence electrons. The fraction of sp³-hybridized carbons (Fsp3) is 0.409. The van der Waals surface area contributed by atoms with Gasteiger partial charge in [0.15, 0.2) is 0 Å². The maximum atomic E-state index is 13.9. The van der Waals surface area contributed by atoms with Crippen LogP contribution >= 0.6 is 23.5 Å². The van der Waals surface area contributed by atoms with Crippen LogP contribution in [0.2, 0.25) is 0 Å². The van der Waals surface area contributed by atoms with Crippen LogP contribution in [0.25, 0.3) is 72.9 Å². The van der Waals surface area contributed by atoms with E-state index >= 15 is 0 Å². The molecule has 8 aromatic rings. The Hall–Kier alpha value is -8.95. The highest BCUT2D eigenvalue weighted by molar-refractivity contribution is 7.98. The van der Waals surface area contributed by atoms with Crippen LogP contribution in [0, 0.1) is 0 Å². The van der Waals surface area contributed by atoms with Gasteiger partial charge in [-0.05, 0) is 218 Å². The number of hydrogen-bond donors (Lipinski definition) is 1. The van der Waals surface area contributed by atoms with E-state index in [1.165, 1.54) is 202 Å². The van der Waals surface area contributed by atoms with Gasteiger partial charge in [-0.3, -0.25) is 4.79 Å². The molecule has 6 nitrogen and oxygen atoms in total. The van der Waals surface area contributed by atoms with Crippen LogP contribution in [0.15, 0.2) is 188 Å². The van der Waals surface area contributed by atoms with E-state index < -0.39 is 0 Å². The van der Waals surface area contributed by atoms with Crippen LogP contribution in [-0.2, 0) is 23.0 Å². The summed E-state index contributed by atoms with van der Waals surface area (Å²) in [6.07, 6.45) is 75.0. The zero-order valence-electron chi connectivity index (χ0n) is 72.1. The van der Waals surface area contributed by atoms with Gasteiger partial charge in [-0.15, -0.1) is 0 Å². The number of unbranched alkanes of at least 4 members (excludes halogenated alkanes) is 28. The SMILES string of the molecule is CCCCCCCCCCOc1ccc(/C=C\c2cc(/C=C/c3ccc(OCCCCCCCCCC)cc3)cc(/C=C/c3cc4c(/C=C/c5cc(/C=C/c6ccc(OCCCCCCCCCC)cc6)cc(/C=C/c6ccc(OCCCCCCCCCC)cc6)c5)cc3CSCc3cc(cc(C(=O)NC5=CC=CC5)c3)CSC4)c2)cc1. The van der Waals surface area contributed by atoms with Gasteiger partial charge in [0.05, 0.1) is 26.4 Å². The van der Waals surface area contributed by atoms with Crippen molar-refractivity contribution in [2.75, 3.05) is 26.4 Å². The van der Waals surface area contributed by atoms with Gasteiger partial charge in [0.1, 0.15) is 23.0 Å². The van der Waals surface area contributed by atoms with Gasteiger partial charge in [0.2, 0.25) is 0 Å². The highest BCUT2D eigenvalue weighted by atomic mass is 32.2. The van der Waals surface area contributed by atoms with Crippen LogP contribution in [0.1, 0.15) is 339 Å². The van der Waals surface area contributed by atoms with E-state index in [1.54, 1.807) is 0 Å². The summed E-state index contributed by atoms with van der Waals surface area (Å²) in [5.74, 6) is 6.70. The average Bonchev–Trinajstić information content (AvgIpc) is 1.21. The summed E-state index contributed by atoms with van der Waals surface area (Å²) in [6, 6.07) is 59.3. The number of amides is 1. The zero-order valence-corrected chi connectivity index (χ0v) is 73.7. The topological polar surface area (TPSA) is 66.0 Å². The summed E-state index contributed by atoms with van der Waals surface area (Å²) < 4.78 is 24.9. The molecule has 0 saturated heterocycles. The Balaban J connectivity index is 0.927. The van der Waals surface area contributed by atoms with Crippen LogP contribution in [0.3, 0.4) is 0 Å². The average molecular weight is 1620 g/mol. The van der Waals surface area contributed by atoms with Gasteiger partial charge in [-0.1, -0.05) is 359 Å². The lowest BCUT2D eigenvalue weighted by atomic mass is 9.97. The van der Waals surface area contributed by atoms with Crippen molar-refractivity contribution >= 4 is 102 Å². The lowest BCUT2D eigenvalue weighted by Gasteiger charge is -2.14. The standard InChI is InChI=1S/C110H137NO5S2/c1-5-9-13-17-21-25-29-35-69-113-106-61-51-88(52-62-106)41-45-92-73-93(46-42-89-53-63-107(64-54-89)114-70-36-30-26-22-18-14-10-6-2)76-96(75-92)49-59-100-82-104-87-118-85-99-79-98(80-102(81-99)110(112)111-105-39-33-34-40-105)84-117-86-103(100)83-101(104)60-50-97-77-94(47-43-90-55-65-108(66-56-90)115-71-37-31-27-23-19-15-11-7-3)74-95(78-97)48-44-91-57-67-109(68-58-91)116-72-38-32-28-24-20-16-12-8-4/h33-34,39,41-68,73-83H,5-32,35-38,40,69-72,84-87H2,1-4H3,(H,111,112)/b45-41-,46-42+,47-43+,48-44+,59-49+,60-50+. The molecule has 8 aromatic carbocycles. The first-order chi connectivity index (χ1) is 58.2. The minimum absolute atomic E-state index is 0.0555. The predicted octanol–water partition coefficient (Wildman–Crippen LogP) is 32.5. The summed E-state index contributed by atoms with van der Waals surface area (Å²) in [7, 11) is 0. The van der Waals surface area contributed by atoms with Gasteiger partial charge < -0.3 is 24.3 Å². The Bertz CT molecular complexity index is 4030. The van der Waals surface area contributed by atoms with Gasteiger partial charge in [0.25, 0.3) is 5.91 Å². The minimum atomic E-state index is -0.0555. The molecule has 1 N–H and O–H groups in total. The van der Waals surface area contributed by atoms with E-state index in [4.69, 9.17) is 18.9 Å². The Morgan fingerprint density at radius 1 is 0.297 bits per heavy atom. The summed E-state index contributed by atoms with van der Waals surface area (Å²) in [4.78, 5) is 13.9. The molecule has 0 saturated carbocycles. The van der Waals surface area contributed by atoms with Gasteiger partial charge >= 0.3 is 0 Å². The molecule has 0 atom stereocenters. The minimum Gasteiger partial charge on any atom is -0.494 e. The molecule has 0 aromatic heterocycles. The van der Waals surface area contributed by atoms with Crippen molar-refractivity contribution in [3.63, 3.8) is 0 Å². The highest BCUT2D eigenvalue weighted by Crippen LogP contribution is 2.34. The molecule has 2 aliphatic heterocycles. The second-order valence-electron chi connectivity index (χ2n) is 32.5. The molecule has 1 aliphatic carbocycles. The summed E-state index contributed by atoms with van der Waals surface area (Å²) in [5, 5.41) is 3.19. The second kappa shape index (κ2) is 55.0. The smallest absolute Gasteiger partial charge is 0.255 e. The summed E-state index contributed by atoms with van der Waals surface area (Å²) in [6.45, 7) is 12.1. The lowest BCUT2D eigenvalue weighted by molar-refractivity contribution is 0.0965. The van der Waals surface area contributed by atoms with E-state index in [0.29, 0.717) is 5.56 Å². The molecule has 1 amide bonds. The predicted molar refractivity (Wildman–Crippen MR) is 517 cm³/mol. The number of thioether (sulfide) groups is 2. The van der Waals surface area contributed by atoms with Crippen molar-refractivity contribution in [1.29, 1.82) is 0 Å². The Morgan fingerprint density at radius 3 is 0.831 bits per heavy atom. The molecule has 0 unspecified atom stereocenters. The first-order valence-electron chi connectivity index (χ1n) is 45.6. The number of carbonyl (C=O) groups excluding carboxylic acids is 1. The Labute approximate surface area is 720 Å². The maximum Gasteiger partial charge on any atom is 0.255 e. The first kappa shape index (κ1) is 91.4. The number of allylic oxidation sites excluding steroid dienone is 3. The van der Waals surface area contributed by atoms with Gasteiger partial charge in [-0.25, -0.2) is 0 Å². The summed E-state index contributed by atoms with van der Waals surface area (Å²) in [5.41, 5.74) is 20.0. The van der Waals surface area contributed by atoms with Crippen molar-refractivity contribution < 1.29 is 23.7 Å². The molecule has 0 spiro atoms. The third-order valence-electron chi connectivity index (χ3n) is 22.2. The van der Waals surface area contributed by atoms with Crippen LogP contribution < -0.4 is 24.3 Å². The molecule has 2 heterocycles. The van der Waals surface area contributed by atoms with Crippen molar-refractivity contribution in [1.82, 2.24) is 5.32 Å². The molecule has 118 heavy (non-hydrogen) atoms. The second-order valence-corrected chi connectivity index (χ2v) is 34.5. The highest BCUT2D eigenvalue weighted by Gasteiger charge is 2.16. The summed E-state index contributed by atoms with van der Waals surface area (Å²) >= 11 is 3.80. The lowest BCUT2D eigenvalue weighted by Crippen LogP contribution is -2.22. The molecule has 11 rings (SSSR count). The Morgan fingerprint density at radius 2 is 0.559 bits per heavy atom. The monoisotopic (exact) mass is 1620 g/mol. The zero-order chi connectivity index (χ0) is 81.9. The van der Waals surface area contributed by atoms with Crippen molar-refractivity contribution in [2.24, 2.45) is 0 Å². The molecule has 8 heteroatoms. The first-order valence-corrected chi connectivity index (χ1v) is 47.9. The van der Waals surface area contributed by atoms with Crippen molar-refractivity contribution in [3.05, 3.63) is 282 Å². The largest absolute Gasteiger partial charge is 0.494 e. The molecular formula is C110H137NO5S2. The van der Waals surface area contributed by atoms with E-state index in [0.717, 1.165) is 177 Å². The van der Waals surface area contributed by atoms with Crippen molar-refractivity contribution in [2.45, 2.75) is 263 Å². The number of rotatable bonds is 54. The fourth-order valence-electron chi connectivity index (χ4n) is 15.2. The van der Waals surface area contributed by atoms with Crippen LogP contribution in [0.5, 0.6) is 23.0 Å². The quantitative estimate of drug-likeness (QED) is 0.0301. The van der Waals surface area contributed by atoms with Crippen LogP contribution in [-0.4, -0.2) is 32.3 Å². The van der Waals surface area contributed by atoms with Gasteiger partial charge in [-0.2, -0.15) is 23.5 Å². The third-order valence-corrected chi connectivity index (χ3v) is 24.3. The maximum absolute atomic E-state index is 13.9. The van der Waals surface area contributed by atoms with E-state index in [2.05, 4.69) is 276 Å². The normalized spacial score (nSPS) is 13.1. The number of fused-ring (bicyclic) bond motifs is 6. The third kappa shape index (κ3) is 35.5. The van der Waals surface area contributed by atoms with Crippen molar-refractivity contribution in [3.8, 4) is 23.0 Å². The number of nitrogens with one attached hydrogen (secondary N) is 1. The number of carbonyl (C=O) groups is 1.